The fourth-order valence-corrected chi connectivity index (χ4v) is 3.85. The smallest absolute Gasteiger partial charge is 0.242 e. The highest BCUT2D eigenvalue weighted by Crippen LogP contribution is 2.24. The summed E-state index contributed by atoms with van der Waals surface area (Å²) in [7, 11) is 1.95. The van der Waals surface area contributed by atoms with Gasteiger partial charge in [0.1, 0.15) is 6.54 Å². The molecule has 0 N–H and O–H groups in total. The molecule has 22 heavy (non-hydrogen) atoms. The molecule has 1 aliphatic carbocycles. The summed E-state index contributed by atoms with van der Waals surface area (Å²) < 4.78 is 2.04. The van der Waals surface area contributed by atoms with Crippen molar-refractivity contribution in [3.63, 3.8) is 0 Å². The Morgan fingerprint density at radius 3 is 2.77 bits per heavy atom. The van der Waals surface area contributed by atoms with E-state index in [0.29, 0.717) is 12.6 Å². The number of carbonyl (C=O) groups excluding carboxylic acids is 1. The predicted octanol–water partition coefficient (Wildman–Crippen LogP) is 3.55. The second-order valence-corrected chi connectivity index (χ2v) is 6.74. The lowest BCUT2D eigenvalue weighted by atomic mass is 9.94. The van der Waals surface area contributed by atoms with Crippen LogP contribution < -0.4 is 0 Å². The largest absolute Gasteiger partial charge is 0.341 e. The average Bonchev–Trinajstić information content (AvgIpc) is 2.93. The minimum Gasteiger partial charge on any atom is -0.341 e. The molecule has 1 amide bonds. The van der Waals surface area contributed by atoms with Gasteiger partial charge < -0.3 is 9.47 Å². The first kappa shape index (κ1) is 15.4. The van der Waals surface area contributed by atoms with Crippen LogP contribution >= 0.6 is 11.8 Å². The summed E-state index contributed by atoms with van der Waals surface area (Å²) in [5.74, 6) is 0.186. The molecular weight excluding hydrogens is 294 g/mol. The highest BCUT2D eigenvalue weighted by Gasteiger charge is 2.23. The van der Waals surface area contributed by atoms with Crippen LogP contribution in [0, 0.1) is 0 Å². The maximum atomic E-state index is 12.7. The number of thioether (sulfide) groups is 1. The van der Waals surface area contributed by atoms with E-state index in [4.69, 9.17) is 0 Å². The Kier molecular flexibility index (Phi) is 4.71. The maximum Gasteiger partial charge on any atom is 0.242 e. The van der Waals surface area contributed by atoms with Crippen molar-refractivity contribution in [3.8, 4) is 0 Å². The van der Waals surface area contributed by atoms with Crippen LogP contribution in [0.1, 0.15) is 32.1 Å². The summed E-state index contributed by atoms with van der Waals surface area (Å²) in [6.45, 7) is 0.379. The van der Waals surface area contributed by atoms with Gasteiger partial charge in [-0.2, -0.15) is 0 Å². The van der Waals surface area contributed by atoms with Crippen molar-refractivity contribution >= 4 is 28.7 Å². The highest BCUT2D eigenvalue weighted by molar-refractivity contribution is 7.98. The number of hydrogen-bond acceptors (Lipinski definition) is 3. The van der Waals surface area contributed by atoms with E-state index in [1.54, 1.807) is 11.8 Å². The monoisotopic (exact) mass is 317 g/mol. The molecule has 0 saturated heterocycles. The Balaban J connectivity index is 1.81. The number of likely N-dealkylation sites (N-methyl/N-ethyl adjacent to an activating group) is 1. The zero-order chi connectivity index (χ0) is 15.5. The molecule has 1 aliphatic rings. The van der Waals surface area contributed by atoms with Crippen LogP contribution in [0.2, 0.25) is 0 Å². The van der Waals surface area contributed by atoms with Crippen molar-refractivity contribution in [2.75, 3.05) is 13.3 Å². The third-order valence-electron chi connectivity index (χ3n) is 4.61. The van der Waals surface area contributed by atoms with Crippen molar-refractivity contribution in [3.05, 3.63) is 24.3 Å². The van der Waals surface area contributed by atoms with E-state index in [9.17, 15) is 4.79 Å². The molecule has 1 aromatic carbocycles. The molecule has 118 valence electrons. The van der Waals surface area contributed by atoms with Crippen LogP contribution in [0.4, 0.5) is 0 Å². The number of rotatable bonds is 4. The summed E-state index contributed by atoms with van der Waals surface area (Å²) in [5.41, 5.74) is 2.00. The number of nitrogens with zero attached hydrogens (tertiary/aromatic N) is 3. The van der Waals surface area contributed by atoms with Crippen LogP contribution in [0.15, 0.2) is 29.4 Å². The first-order valence-electron chi connectivity index (χ1n) is 7.95. The van der Waals surface area contributed by atoms with Gasteiger partial charge >= 0.3 is 0 Å². The van der Waals surface area contributed by atoms with Crippen LogP contribution in [-0.4, -0.2) is 39.7 Å². The second-order valence-electron chi connectivity index (χ2n) is 5.97. The van der Waals surface area contributed by atoms with Gasteiger partial charge in [0, 0.05) is 13.1 Å². The van der Waals surface area contributed by atoms with E-state index in [1.807, 2.05) is 47.0 Å². The molecule has 2 aromatic rings. The topological polar surface area (TPSA) is 38.1 Å². The molecule has 1 fully saturated rings. The molecule has 0 unspecified atom stereocenters. The maximum absolute atomic E-state index is 12.7. The van der Waals surface area contributed by atoms with Gasteiger partial charge in [0.05, 0.1) is 11.0 Å². The molecule has 4 nitrogen and oxygen atoms in total. The lowest BCUT2D eigenvalue weighted by molar-refractivity contribution is -0.133. The number of para-hydroxylation sites is 2. The Bertz CT molecular complexity index is 661. The van der Waals surface area contributed by atoms with Crippen LogP contribution in [0.3, 0.4) is 0 Å². The average molecular weight is 317 g/mol. The summed E-state index contributed by atoms with van der Waals surface area (Å²) in [6, 6.07) is 8.44. The standard InChI is InChI=1S/C17H23N3OS/c1-19(13-8-4-3-5-9-13)16(21)12-20-15-11-7-6-10-14(15)18-17(20)22-2/h6-7,10-11,13H,3-5,8-9,12H2,1-2H3. The van der Waals surface area contributed by atoms with Gasteiger partial charge in [0.2, 0.25) is 5.91 Å². The Hall–Kier alpha value is -1.49. The SMILES string of the molecule is CSc1nc2ccccc2n1CC(=O)N(C)C1CCCCC1. The van der Waals surface area contributed by atoms with Gasteiger partial charge in [-0.25, -0.2) is 4.98 Å². The normalized spacial score (nSPS) is 16.1. The van der Waals surface area contributed by atoms with Crippen molar-refractivity contribution < 1.29 is 4.79 Å². The van der Waals surface area contributed by atoms with Gasteiger partial charge in [-0.15, -0.1) is 0 Å². The third-order valence-corrected chi connectivity index (χ3v) is 5.29. The van der Waals surface area contributed by atoms with E-state index in [2.05, 4.69) is 4.98 Å². The fourth-order valence-electron chi connectivity index (χ4n) is 3.28. The minimum atomic E-state index is 0.186. The van der Waals surface area contributed by atoms with Crippen LogP contribution in [-0.2, 0) is 11.3 Å². The number of fused-ring (bicyclic) bond motifs is 1. The van der Waals surface area contributed by atoms with E-state index in [1.165, 1.54) is 19.3 Å². The van der Waals surface area contributed by atoms with Crippen molar-refractivity contribution in [2.24, 2.45) is 0 Å². The van der Waals surface area contributed by atoms with E-state index in [0.717, 1.165) is 29.0 Å². The lowest BCUT2D eigenvalue weighted by Gasteiger charge is -2.31. The summed E-state index contributed by atoms with van der Waals surface area (Å²) in [4.78, 5) is 19.3. The number of amides is 1. The predicted molar refractivity (Wildman–Crippen MR) is 91.2 cm³/mol. The molecule has 3 rings (SSSR count). The molecular formula is C17H23N3OS. The molecule has 0 aliphatic heterocycles. The zero-order valence-corrected chi connectivity index (χ0v) is 14.1. The third kappa shape index (κ3) is 3.00. The molecule has 0 spiro atoms. The fraction of sp³-hybridized carbons (Fsp3) is 0.529. The van der Waals surface area contributed by atoms with Crippen LogP contribution in [0.25, 0.3) is 11.0 Å². The second kappa shape index (κ2) is 6.73. The molecule has 0 radical (unpaired) electrons. The Labute approximate surface area is 135 Å². The van der Waals surface area contributed by atoms with Gasteiger partial charge in [0.25, 0.3) is 0 Å². The van der Waals surface area contributed by atoms with Gasteiger partial charge in [-0.3, -0.25) is 4.79 Å². The number of hydrogen-bond donors (Lipinski definition) is 0. The molecule has 0 atom stereocenters. The first-order valence-corrected chi connectivity index (χ1v) is 9.18. The minimum absolute atomic E-state index is 0.186. The zero-order valence-electron chi connectivity index (χ0n) is 13.3. The van der Waals surface area contributed by atoms with E-state index in [-0.39, 0.29) is 5.91 Å². The van der Waals surface area contributed by atoms with Crippen molar-refractivity contribution in [1.29, 1.82) is 0 Å². The van der Waals surface area contributed by atoms with Crippen molar-refractivity contribution in [2.45, 2.75) is 49.8 Å². The van der Waals surface area contributed by atoms with Gasteiger partial charge in [-0.1, -0.05) is 43.2 Å². The lowest BCUT2D eigenvalue weighted by Crippen LogP contribution is -2.40. The van der Waals surface area contributed by atoms with Gasteiger partial charge in [0.15, 0.2) is 5.16 Å². The summed E-state index contributed by atoms with van der Waals surface area (Å²) in [6.07, 6.45) is 8.08. The van der Waals surface area contributed by atoms with Crippen molar-refractivity contribution in [1.82, 2.24) is 14.5 Å². The quantitative estimate of drug-likeness (QED) is 0.809. The Morgan fingerprint density at radius 1 is 1.32 bits per heavy atom. The molecule has 5 heteroatoms. The van der Waals surface area contributed by atoms with E-state index >= 15 is 0 Å². The molecule has 0 bridgehead atoms. The van der Waals surface area contributed by atoms with Gasteiger partial charge in [-0.05, 0) is 31.2 Å². The van der Waals surface area contributed by atoms with Crippen LogP contribution in [0.5, 0.6) is 0 Å². The highest BCUT2D eigenvalue weighted by atomic mass is 32.2. The number of aromatic nitrogens is 2. The molecule has 1 saturated carbocycles. The molecule has 1 heterocycles. The molecule has 1 aromatic heterocycles. The summed E-state index contributed by atoms with van der Waals surface area (Å²) >= 11 is 1.59. The summed E-state index contributed by atoms with van der Waals surface area (Å²) in [5, 5.41) is 0.909. The first-order chi connectivity index (χ1) is 10.7. The number of imidazole rings is 1. The van der Waals surface area contributed by atoms with E-state index < -0.39 is 0 Å². The Morgan fingerprint density at radius 2 is 2.05 bits per heavy atom. The number of carbonyl (C=O) groups is 1. The number of benzene rings is 1.